The molecule has 1 aliphatic rings. The summed E-state index contributed by atoms with van der Waals surface area (Å²) in [7, 11) is 0. The van der Waals surface area contributed by atoms with E-state index in [4.69, 9.17) is 4.74 Å². The second-order valence-electron chi connectivity index (χ2n) is 9.09. The van der Waals surface area contributed by atoms with E-state index in [2.05, 4.69) is 19.2 Å². The van der Waals surface area contributed by atoms with E-state index in [9.17, 15) is 20.3 Å². The molecule has 5 atom stereocenters. The van der Waals surface area contributed by atoms with Crippen molar-refractivity contribution in [1.29, 1.82) is 5.26 Å². The molecule has 6 heteroatoms. The zero-order valence-electron chi connectivity index (χ0n) is 18.6. The van der Waals surface area contributed by atoms with E-state index in [1.54, 1.807) is 13.0 Å². The summed E-state index contributed by atoms with van der Waals surface area (Å²) in [6.45, 7) is 11.2. The zero-order chi connectivity index (χ0) is 22.2. The first kappa shape index (κ1) is 25.7. The second kappa shape index (κ2) is 11.2. The van der Waals surface area contributed by atoms with Crippen LogP contribution in [0, 0.1) is 22.5 Å². The van der Waals surface area contributed by atoms with Crippen molar-refractivity contribution >= 4 is 17.7 Å². The van der Waals surface area contributed by atoms with Gasteiger partial charge in [0.2, 0.25) is 0 Å². The first-order valence-electron chi connectivity index (χ1n) is 10.4. The number of rotatable bonds is 3. The number of hydrogen-bond acceptors (Lipinski definition) is 6. The predicted octanol–water partition coefficient (Wildman–Crippen LogP) is 4.74. The van der Waals surface area contributed by atoms with Gasteiger partial charge in [0.05, 0.1) is 16.5 Å². The highest BCUT2D eigenvalue weighted by molar-refractivity contribution is 8.05. The highest BCUT2D eigenvalue weighted by Gasteiger charge is 2.35. The summed E-state index contributed by atoms with van der Waals surface area (Å²) < 4.78 is 4.86. The summed E-state index contributed by atoms with van der Waals surface area (Å²) in [5, 5.41) is 33.2. The number of thiocyanates is 1. The molecule has 0 aromatic rings. The summed E-state index contributed by atoms with van der Waals surface area (Å²) in [5.74, 6) is 0.174. The first-order chi connectivity index (χ1) is 13.4. The standard InChI is InChI=1S/C23H37NO4S/c1-16(2)19-9-11-22(5,27)14-20(28-18(4)25)13-17(3)7-8-21(26)23(6,12-10-19)29-15-24/h9,11,13,16,19-21,26-27H,7-8,10,12,14H2,1-6H3/b11-9+,17-13+/t19-,20-,21-,22+,23-/m0/s1. The van der Waals surface area contributed by atoms with Crippen LogP contribution in [0.3, 0.4) is 0 Å². The fourth-order valence-electron chi connectivity index (χ4n) is 3.72. The van der Waals surface area contributed by atoms with E-state index in [-0.39, 0.29) is 12.3 Å². The average Bonchev–Trinajstić information content (AvgIpc) is 2.57. The highest BCUT2D eigenvalue weighted by atomic mass is 32.2. The first-order valence-corrected chi connectivity index (χ1v) is 11.2. The van der Waals surface area contributed by atoms with Gasteiger partial charge in [-0.1, -0.05) is 31.6 Å². The molecule has 0 amide bonds. The van der Waals surface area contributed by atoms with Crippen LogP contribution >= 0.6 is 11.8 Å². The Labute approximate surface area is 180 Å². The molecular weight excluding hydrogens is 386 g/mol. The maximum atomic E-state index is 11.5. The molecule has 164 valence electrons. The number of nitrogens with zero attached hydrogens (tertiary/aromatic N) is 1. The maximum Gasteiger partial charge on any atom is 0.303 e. The van der Waals surface area contributed by atoms with Crippen LogP contribution in [0.5, 0.6) is 0 Å². The monoisotopic (exact) mass is 423 g/mol. The van der Waals surface area contributed by atoms with Crippen LogP contribution in [0.4, 0.5) is 0 Å². The van der Waals surface area contributed by atoms with Crippen molar-refractivity contribution in [3.8, 4) is 5.40 Å². The molecule has 1 rings (SSSR count). The van der Waals surface area contributed by atoms with Crippen LogP contribution < -0.4 is 0 Å². The lowest BCUT2D eigenvalue weighted by molar-refractivity contribution is -0.145. The van der Waals surface area contributed by atoms with Crippen LogP contribution in [0.15, 0.2) is 23.8 Å². The van der Waals surface area contributed by atoms with Gasteiger partial charge in [-0.2, -0.15) is 5.26 Å². The van der Waals surface area contributed by atoms with Gasteiger partial charge >= 0.3 is 5.97 Å². The topological polar surface area (TPSA) is 90.5 Å². The van der Waals surface area contributed by atoms with Crippen molar-refractivity contribution in [3.63, 3.8) is 0 Å². The number of aliphatic hydroxyl groups is 2. The van der Waals surface area contributed by atoms with Crippen molar-refractivity contribution < 1.29 is 19.7 Å². The van der Waals surface area contributed by atoms with Crippen molar-refractivity contribution in [3.05, 3.63) is 23.8 Å². The number of nitriles is 1. The van der Waals surface area contributed by atoms with Crippen molar-refractivity contribution in [2.24, 2.45) is 11.8 Å². The molecular formula is C23H37NO4S. The summed E-state index contributed by atoms with van der Waals surface area (Å²) in [5.41, 5.74) is -0.130. The average molecular weight is 424 g/mol. The third-order valence-corrected chi connectivity index (χ3v) is 6.76. The Bertz CT molecular complexity index is 650. The van der Waals surface area contributed by atoms with Crippen LogP contribution in [0.1, 0.15) is 73.6 Å². The lowest BCUT2D eigenvalue weighted by Crippen LogP contribution is -2.37. The molecule has 1 aliphatic carbocycles. The number of hydrogen-bond donors (Lipinski definition) is 2. The number of thioether (sulfide) groups is 1. The van der Waals surface area contributed by atoms with E-state index in [1.165, 1.54) is 6.92 Å². The van der Waals surface area contributed by atoms with Crippen molar-refractivity contribution in [2.75, 3.05) is 0 Å². The fourth-order valence-corrected chi connectivity index (χ4v) is 4.40. The van der Waals surface area contributed by atoms with Gasteiger partial charge in [0.15, 0.2) is 0 Å². The van der Waals surface area contributed by atoms with E-state index in [0.717, 1.165) is 23.8 Å². The minimum absolute atomic E-state index is 0.208. The molecule has 0 radical (unpaired) electrons. The summed E-state index contributed by atoms with van der Waals surface area (Å²) in [6.07, 6.45) is 7.48. The summed E-state index contributed by atoms with van der Waals surface area (Å²) >= 11 is 1.14. The molecule has 2 N–H and O–H groups in total. The van der Waals surface area contributed by atoms with E-state index < -0.39 is 28.5 Å². The fraction of sp³-hybridized carbons (Fsp3) is 0.739. The molecule has 0 spiro atoms. The molecule has 0 aliphatic heterocycles. The smallest absolute Gasteiger partial charge is 0.303 e. The molecule has 0 heterocycles. The van der Waals surface area contributed by atoms with Crippen LogP contribution in [-0.2, 0) is 9.53 Å². The normalized spacial score (nSPS) is 37.7. The third kappa shape index (κ3) is 8.94. The van der Waals surface area contributed by atoms with Gasteiger partial charge in [0.1, 0.15) is 11.5 Å². The number of esters is 1. The van der Waals surface area contributed by atoms with Gasteiger partial charge in [0, 0.05) is 13.3 Å². The Hall–Kier alpha value is -1.29. The molecule has 29 heavy (non-hydrogen) atoms. The molecule has 0 aromatic heterocycles. The predicted molar refractivity (Wildman–Crippen MR) is 118 cm³/mol. The van der Waals surface area contributed by atoms with Gasteiger partial charge in [-0.3, -0.25) is 4.79 Å². The Kier molecular flexibility index (Phi) is 9.94. The molecule has 0 saturated carbocycles. The number of ether oxygens (including phenoxy) is 1. The minimum atomic E-state index is -1.11. The van der Waals surface area contributed by atoms with Crippen molar-refractivity contribution in [2.45, 2.75) is 96.2 Å². The Morgan fingerprint density at radius 3 is 2.59 bits per heavy atom. The minimum Gasteiger partial charge on any atom is -0.458 e. The van der Waals surface area contributed by atoms with Crippen LogP contribution in [-0.4, -0.2) is 38.7 Å². The molecule has 0 aromatic carbocycles. The lowest BCUT2D eigenvalue weighted by atomic mass is 9.83. The maximum absolute atomic E-state index is 11.5. The van der Waals surface area contributed by atoms with Gasteiger partial charge < -0.3 is 14.9 Å². The van der Waals surface area contributed by atoms with Crippen molar-refractivity contribution in [1.82, 2.24) is 0 Å². The molecule has 0 fully saturated rings. The SMILES string of the molecule is CC(=O)O[C@H]1/C=C(\C)CC[C@H](O)[C@@](C)(SC#N)CC[C@@H](C(C)C)/C=C/[C@@](C)(O)C1. The molecule has 0 bridgehead atoms. The van der Waals surface area contributed by atoms with Crippen LogP contribution in [0.2, 0.25) is 0 Å². The quantitative estimate of drug-likeness (QED) is 0.387. The molecule has 0 saturated heterocycles. The van der Waals surface area contributed by atoms with Gasteiger partial charge in [0.25, 0.3) is 0 Å². The van der Waals surface area contributed by atoms with Crippen LogP contribution in [0.25, 0.3) is 0 Å². The Morgan fingerprint density at radius 1 is 1.38 bits per heavy atom. The number of carbonyl (C=O) groups excluding carboxylic acids is 1. The highest BCUT2D eigenvalue weighted by Crippen LogP contribution is 2.38. The van der Waals surface area contributed by atoms with E-state index >= 15 is 0 Å². The number of allylic oxidation sites excluding steroid dienone is 2. The van der Waals surface area contributed by atoms with Gasteiger partial charge in [-0.05, 0) is 76.1 Å². The molecule has 5 nitrogen and oxygen atoms in total. The largest absolute Gasteiger partial charge is 0.458 e. The third-order valence-electron chi connectivity index (χ3n) is 5.73. The lowest BCUT2D eigenvalue weighted by Gasteiger charge is -2.34. The van der Waals surface area contributed by atoms with E-state index in [0.29, 0.717) is 25.2 Å². The number of aliphatic hydroxyl groups excluding tert-OH is 1. The summed E-state index contributed by atoms with van der Waals surface area (Å²) in [4.78, 5) is 11.5. The van der Waals surface area contributed by atoms with Gasteiger partial charge in [-0.15, -0.1) is 0 Å². The van der Waals surface area contributed by atoms with Gasteiger partial charge in [-0.25, -0.2) is 0 Å². The van der Waals surface area contributed by atoms with E-state index in [1.807, 2.05) is 26.0 Å². The number of carbonyl (C=O) groups is 1. The Morgan fingerprint density at radius 2 is 2.03 bits per heavy atom. The zero-order valence-corrected chi connectivity index (χ0v) is 19.5. The summed E-state index contributed by atoms with van der Waals surface area (Å²) in [6, 6.07) is 0. The molecule has 0 unspecified atom stereocenters. The Balaban J connectivity index is 3.27. The second-order valence-corrected chi connectivity index (χ2v) is 10.4.